The third-order valence-corrected chi connectivity index (χ3v) is 3.53. The fourth-order valence-corrected chi connectivity index (χ4v) is 1.54. The highest BCUT2D eigenvalue weighted by atomic mass is 16.5. The predicted molar refractivity (Wildman–Crippen MR) is 84.0 cm³/mol. The molecule has 0 bridgehead atoms. The number of nitrogens with zero attached hydrogens (tertiary/aromatic N) is 2. The van der Waals surface area contributed by atoms with E-state index >= 15 is 0 Å². The molecule has 1 aromatic rings. The van der Waals surface area contributed by atoms with E-state index in [0.717, 1.165) is 18.2 Å². The summed E-state index contributed by atoms with van der Waals surface area (Å²) < 4.78 is 5.37. The van der Waals surface area contributed by atoms with E-state index < -0.39 is 0 Å². The second kappa shape index (κ2) is 7.43. The lowest BCUT2D eigenvalue weighted by Crippen LogP contribution is -2.25. The third kappa shape index (κ3) is 5.33. The molecule has 1 rings (SSSR count). The number of hydrogen-bond acceptors (Lipinski definition) is 5. The van der Waals surface area contributed by atoms with Gasteiger partial charge in [0.05, 0.1) is 0 Å². The Morgan fingerprint density at radius 1 is 1.25 bits per heavy atom. The Hall–Kier alpha value is -1.36. The number of aromatic nitrogens is 2. The predicted octanol–water partition coefficient (Wildman–Crippen LogP) is 3.15. The van der Waals surface area contributed by atoms with Crippen LogP contribution in [0.1, 0.15) is 40.4 Å². The smallest absolute Gasteiger partial charge is 0.158 e. The van der Waals surface area contributed by atoms with Crippen molar-refractivity contribution in [1.82, 2.24) is 9.97 Å². The van der Waals surface area contributed by atoms with Crippen molar-refractivity contribution in [3.8, 4) is 0 Å². The molecule has 0 radical (unpaired) electrons. The number of nitrogens with one attached hydrogen (secondary N) is 2. The van der Waals surface area contributed by atoms with E-state index in [9.17, 15) is 0 Å². The van der Waals surface area contributed by atoms with Gasteiger partial charge in [-0.2, -0.15) is 0 Å². The SMILES string of the molecule is CCOCc1nc(NC)cc(NCC(C)C(C)(C)C)n1. The first kappa shape index (κ1) is 16.7. The maximum absolute atomic E-state index is 5.37. The van der Waals surface area contributed by atoms with Gasteiger partial charge in [-0.15, -0.1) is 0 Å². The molecule has 2 N–H and O–H groups in total. The normalized spacial score (nSPS) is 13.1. The van der Waals surface area contributed by atoms with Crippen LogP contribution in [-0.4, -0.2) is 30.2 Å². The van der Waals surface area contributed by atoms with Crippen LogP contribution in [0.4, 0.5) is 11.6 Å². The van der Waals surface area contributed by atoms with Crippen molar-refractivity contribution in [3.05, 3.63) is 11.9 Å². The molecule has 1 atom stereocenters. The zero-order valence-corrected chi connectivity index (χ0v) is 13.6. The minimum Gasteiger partial charge on any atom is -0.374 e. The maximum atomic E-state index is 5.37. The van der Waals surface area contributed by atoms with Crippen molar-refractivity contribution in [3.63, 3.8) is 0 Å². The van der Waals surface area contributed by atoms with E-state index in [1.807, 2.05) is 20.0 Å². The number of ether oxygens (including phenoxy) is 1. The Bertz CT molecular complexity index is 415. The van der Waals surface area contributed by atoms with E-state index in [1.54, 1.807) is 0 Å². The van der Waals surface area contributed by atoms with Crippen LogP contribution in [0.3, 0.4) is 0 Å². The zero-order chi connectivity index (χ0) is 15.2. The monoisotopic (exact) mass is 280 g/mol. The first-order valence-corrected chi connectivity index (χ1v) is 7.24. The number of rotatable bonds is 7. The largest absolute Gasteiger partial charge is 0.374 e. The molecular weight excluding hydrogens is 252 g/mol. The summed E-state index contributed by atoms with van der Waals surface area (Å²) in [7, 11) is 1.86. The molecule has 1 aromatic heterocycles. The van der Waals surface area contributed by atoms with Crippen molar-refractivity contribution < 1.29 is 4.74 Å². The molecule has 114 valence electrons. The van der Waals surface area contributed by atoms with E-state index in [-0.39, 0.29) is 5.41 Å². The molecule has 0 aliphatic rings. The maximum Gasteiger partial charge on any atom is 0.158 e. The summed E-state index contributed by atoms with van der Waals surface area (Å²) in [5.41, 5.74) is 0.278. The van der Waals surface area contributed by atoms with Gasteiger partial charge in [0, 0.05) is 26.3 Å². The lowest BCUT2D eigenvalue weighted by atomic mass is 9.82. The van der Waals surface area contributed by atoms with E-state index in [0.29, 0.717) is 25.0 Å². The Morgan fingerprint density at radius 2 is 1.90 bits per heavy atom. The molecule has 0 spiro atoms. The van der Waals surface area contributed by atoms with Crippen molar-refractivity contribution in [1.29, 1.82) is 0 Å². The first-order valence-electron chi connectivity index (χ1n) is 7.24. The summed E-state index contributed by atoms with van der Waals surface area (Å²) in [4.78, 5) is 8.86. The second-order valence-corrected chi connectivity index (χ2v) is 6.09. The molecule has 20 heavy (non-hydrogen) atoms. The molecule has 5 heteroatoms. The summed E-state index contributed by atoms with van der Waals surface area (Å²) in [6.45, 7) is 12.9. The fourth-order valence-electron chi connectivity index (χ4n) is 1.54. The highest BCUT2D eigenvalue weighted by Gasteiger charge is 2.19. The zero-order valence-electron chi connectivity index (χ0n) is 13.6. The summed E-state index contributed by atoms with van der Waals surface area (Å²) >= 11 is 0. The Balaban J connectivity index is 2.73. The van der Waals surface area contributed by atoms with Crippen molar-refractivity contribution in [2.75, 3.05) is 30.8 Å². The third-order valence-electron chi connectivity index (χ3n) is 3.53. The average Bonchev–Trinajstić information content (AvgIpc) is 2.41. The van der Waals surface area contributed by atoms with Crippen LogP contribution >= 0.6 is 0 Å². The Morgan fingerprint density at radius 3 is 2.45 bits per heavy atom. The number of anilines is 2. The van der Waals surface area contributed by atoms with Crippen LogP contribution in [0, 0.1) is 11.3 Å². The van der Waals surface area contributed by atoms with Crippen LogP contribution in [0.5, 0.6) is 0 Å². The fraction of sp³-hybridized carbons (Fsp3) is 0.733. The van der Waals surface area contributed by atoms with Crippen LogP contribution in [0.25, 0.3) is 0 Å². The average molecular weight is 280 g/mol. The molecule has 5 nitrogen and oxygen atoms in total. The molecule has 1 unspecified atom stereocenters. The van der Waals surface area contributed by atoms with Gasteiger partial charge in [-0.25, -0.2) is 9.97 Å². The molecule has 0 amide bonds. The van der Waals surface area contributed by atoms with Gasteiger partial charge >= 0.3 is 0 Å². The van der Waals surface area contributed by atoms with Crippen molar-refractivity contribution >= 4 is 11.6 Å². The quantitative estimate of drug-likeness (QED) is 0.803. The summed E-state index contributed by atoms with van der Waals surface area (Å²) in [6.07, 6.45) is 0. The van der Waals surface area contributed by atoms with Gasteiger partial charge in [0.2, 0.25) is 0 Å². The molecule has 1 heterocycles. The summed E-state index contributed by atoms with van der Waals surface area (Å²) in [6, 6.07) is 1.92. The van der Waals surface area contributed by atoms with Crippen LogP contribution in [0.15, 0.2) is 6.07 Å². The highest BCUT2D eigenvalue weighted by molar-refractivity contribution is 5.47. The van der Waals surface area contributed by atoms with Crippen LogP contribution < -0.4 is 10.6 Å². The van der Waals surface area contributed by atoms with E-state index in [2.05, 4.69) is 48.3 Å². The van der Waals surface area contributed by atoms with E-state index in [1.165, 1.54) is 0 Å². The van der Waals surface area contributed by atoms with Gasteiger partial charge in [0.1, 0.15) is 18.2 Å². The second-order valence-electron chi connectivity index (χ2n) is 6.09. The lowest BCUT2D eigenvalue weighted by molar-refractivity contribution is 0.128. The number of hydrogen-bond donors (Lipinski definition) is 2. The van der Waals surface area contributed by atoms with Gasteiger partial charge in [0.15, 0.2) is 5.82 Å². The minimum atomic E-state index is 0.278. The first-order chi connectivity index (χ1) is 9.36. The minimum absolute atomic E-state index is 0.278. The lowest BCUT2D eigenvalue weighted by Gasteiger charge is -2.27. The topological polar surface area (TPSA) is 59.1 Å². The van der Waals surface area contributed by atoms with Crippen molar-refractivity contribution in [2.45, 2.75) is 41.2 Å². The highest BCUT2D eigenvalue weighted by Crippen LogP contribution is 2.25. The van der Waals surface area contributed by atoms with Crippen molar-refractivity contribution in [2.24, 2.45) is 11.3 Å². The molecule has 0 aliphatic carbocycles. The summed E-state index contributed by atoms with van der Waals surface area (Å²) in [5.74, 6) is 2.89. The molecular formula is C15H28N4O. The Labute approximate surface area is 122 Å². The van der Waals surface area contributed by atoms with Gasteiger partial charge in [-0.1, -0.05) is 27.7 Å². The van der Waals surface area contributed by atoms with Crippen LogP contribution in [0.2, 0.25) is 0 Å². The molecule has 0 aliphatic heterocycles. The van der Waals surface area contributed by atoms with Gasteiger partial charge < -0.3 is 15.4 Å². The molecule has 0 saturated carbocycles. The standard InChI is InChI=1S/C15H28N4O/c1-7-20-10-14-18-12(16-6)8-13(19-14)17-9-11(2)15(3,4)5/h8,11H,7,9-10H2,1-6H3,(H2,16,17,18,19). The van der Waals surface area contributed by atoms with E-state index in [4.69, 9.17) is 4.74 Å². The van der Waals surface area contributed by atoms with Gasteiger partial charge in [-0.3, -0.25) is 0 Å². The Kier molecular flexibility index (Phi) is 6.20. The molecule has 0 fully saturated rings. The van der Waals surface area contributed by atoms with Gasteiger partial charge in [0.25, 0.3) is 0 Å². The molecule has 0 saturated heterocycles. The van der Waals surface area contributed by atoms with Gasteiger partial charge in [-0.05, 0) is 18.3 Å². The summed E-state index contributed by atoms with van der Waals surface area (Å²) in [5, 5.41) is 6.45. The van der Waals surface area contributed by atoms with Crippen LogP contribution in [-0.2, 0) is 11.3 Å². The molecule has 0 aromatic carbocycles.